The number of rotatable bonds is 4. The van der Waals surface area contributed by atoms with Crippen LogP contribution in [-0.4, -0.2) is 33.1 Å². The van der Waals surface area contributed by atoms with Gasteiger partial charge >= 0.3 is 6.03 Å². The molecule has 1 N–H and O–H groups in total. The van der Waals surface area contributed by atoms with Crippen molar-refractivity contribution in [2.24, 2.45) is 0 Å². The lowest BCUT2D eigenvalue weighted by Gasteiger charge is -2.50. The molecule has 0 unspecified atom stereocenters. The number of carbonyl (C=O) groups is 1. The highest BCUT2D eigenvalue weighted by Gasteiger charge is 2.51. The smallest absolute Gasteiger partial charge is 0.325 e. The average molecular weight is 449 g/mol. The third-order valence-electron chi connectivity index (χ3n) is 5.15. The molecular weight excluding hydrogens is 428 g/mol. The predicted octanol–water partition coefficient (Wildman–Crippen LogP) is 4.24. The Balaban J connectivity index is 1.83. The number of benzene rings is 2. The summed E-state index contributed by atoms with van der Waals surface area (Å²) in [4.78, 5) is 14.7. The Morgan fingerprint density at radius 2 is 1.89 bits per heavy atom. The Morgan fingerprint density at radius 3 is 2.57 bits per heavy atom. The van der Waals surface area contributed by atoms with E-state index >= 15 is 0 Å². The highest BCUT2D eigenvalue weighted by Crippen LogP contribution is 2.51. The van der Waals surface area contributed by atoms with Crippen LogP contribution in [0, 0.1) is 0 Å². The first-order valence-corrected chi connectivity index (χ1v) is 9.58. The van der Waals surface area contributed by atoms with E-state index in [1.165, 1.54) is 0 Å². The minimum atomic E-state index is -0.914. The van der Waals surface area contributed by atoms with Crippen LogP contribution in [0.15, 0.2) is 34.8 Å². The lowest BCUT2D eigenvalue weighted by Crippen LogP contribution is -2.65. The topological polar surface area (TPSA) is 69.3 Å². The Hall–Kier alpha value is -2.61. The van der Waals surface area contributed by atoms with Crippen LogP contribution in [-0.2, 0) is 0 Å². The molecule has 1 saturated heterocycles. The first kappa shape index (κ1) is 18.7. The van der Waals surface area contributed by atoms with E-state index in [2.05, 4.69) is 21.2 Å². The van der Waals surface area contributed by atoms with Gasteiger partial charge in [-0.3, -0.25) is 4.90 Å². The van der Waals surface area contributed by atoms with Crippen LogP contribution in [0.25, 0.3) is 0 Å². The standard InChI is InChI=1S/C20H21BrN2O5/c1-20-10-14(13-7-11(21)8-17(27-4)18(13)28-20)22-19(24)23(20)15-6-5-12(25-2)9-16(15)26-3/h5-9,14H,10H2,1-4H3,(H,22,24)/t14-,20-/m1/s1. The highest BCUT2D eigenvalue weighted by molar-refractivity contribution is 9.10. The number of amides is 2. The number of urea groups is 1. The molecule has 0 aliphatic carbocycles. The molecule has 4 rings (SSSR count). The van der Waals surface area contributed by atoms with Gasteiger partial charge in [0, 0.05) is 22.5 Å². The first-order valence-electron chi connectivity index (χ1n) is 8.79. The number of hydrogen-bond donors (Lipinski definition) is 1. The van der Waals surface area contributed by atoms with Gasteiger partial charge in [-0.1, -0.05) is 15.9 Å². The van der Waals surface area contributed by atoms with Gasteiger partial charge in [0.2, 0.25) is 0 Å². The van der Waals surface area contributed by atoms with Gasteiger partial charge in [0.05, 0.1) is 33.1 Å². The molecule has 2 atom stereocenters. The Kier molecular flexibility index (Phi) is 4.53. The summed E-state index contributed by atoms with van der Waals surface area (Å²) in [6.45, 7) is 1.90. The molecule has 2 bridgehead atoms. The van der Waals surface area contributed by atoms with Crippen molar-refractivity contribution >= 4 is 27.6 Å². The van der Waals surface area contributed by atoms with Crippen molar-refractivity contribution in [1.29, 1.82) is 0 Å². The van der Waals surface area contributed by atoms with Crippen molar-refractivity contribution in [2.45, 2.75) is 25.1 Å². The van der Waals surface area contributed by atoms with Gasteiger partial charge in [0.15, 0.2) is 17.2 Å². The first-order chi connectivity index (χ1) is 13.4. The minimum absolute atomic E-state index is 0.187. The van der Waals surface area contributed by atoms with Gasteiger partial charge in [-0.25, -0.2) is 4.79 Å². The van der Waals surface area contributed by atoms with Crippen LogP contribution >= 0.6 is 15.9 Å². The fourth-order valence-corrected chi connectivity index (χ4v) is 4.34. The summed E-state index contributed by atoms with van der Waals surface area (Å²) >= 11 is 3.49. The van der Waals surface area contributed by atoms with E-state index in [1.54, 1.807) is 44.4 Å². The van der Waals surface area contributed by atoms with Gasteiger partial charge in [-0.15, -0.1) is 0 Å². The zero-order chi connectivity index (χ0) is 20.1. The predicted molar refractivity (Wildman–Crippen MR) is 108 cm³/mol. The number of ether oxygens (including phenoxy) is 4. The number of halogens is 1. The third-order valence-corrected chi connectivity index (χ3v) is 5.61. The van der Waals surface area contributed by atoms with E-state index in [1.807, 2.05) is 19.1 Å². The van der Waals surface area contributed by atoms with E-state index in [4.69, 9.17) is 18.9 Å². The number of nitrogens with one attached hydrogen (secondary N) is 1. The highest BCUT2D eigenvalue weighted by atomic mass is 79.9. The van der Waals surface area contributed by atoms with Crippen LogP contribution in [0.4, 0.5) is 10.5 Å². The van der Waals surface area contributed by atoms with Gasteiger partial charge in [0.25, 0.3) is 0 Å². The van der Waals surface area contributed by atoms with E-state index < -0.39 is 5.72 Å². The molecule has 2 aliphatic rings. The number of nitrogens with zero attached hydrogens (tertiary/aromatic N) is 1. The van der Waals surface area contributed by atoms with E-state index in [0.29, 0.717) is 35.1 Å². The maximum atomic E-state index is 13.1. The largest absolute Gasteiger partial charge is 0.497 e. The third kappa shape index (κ3) is 2.83. The second-order valence-corrected chi connectivity index (χ2v) is 7.80. The molecule has 1 fully saturated rings. The second-order valence-electron chi connectivity index (χ2n) is 6.88. The summed E-state index contributed by atoms with van der Waals surface area (Å²) in [6, 6.07) is 8.68. The van der Waals surface area contributed by atoms with Gasteiger partial charge in [-0.05, 0) is 31.2 Å². The lowest BCUT2D eigenvalue weighted by molar-refractivity contribution is 0.0345. The van der Waals surface area contributed by atoms with Crippen LogP contribution in [0.3, 0.4) is 0 Å². The summed E-state index contributed by atoms with van der Waals surface area (Å²) in [5.41, 5.74) is 0.572. The fourth-order valence-electron chi connectivity index (χ4n) is 3.89. The van der Waals surface area contributed by atoms with E-state index in [0.717, 1.165) is 10.0 Å². The molecule has 0 saturated carbocycles. The summed E-state index contributed by atoms with van der Waals surface area (Å²) in [6.07, 6.45) is 0.570. The molecule has 2 aromatic carbocycles. The van der Waals surface area contributed by atoms with Crippen LogP contribution in [0.5, 0.6) is 23.0 Å². The lowest BCUT2D eigenvalue weighted by atomic mass is 9.89. The monoisotopic (exact) mass is 448 g/mol. The van der Waals surface area contributed by atoms with Crippen molar-refractivity contribution in [3.63, 3.8) is 0 Å². The van der Waals surface area contributed by atoms with Crippen LogP contribution in [0.1, 0.15) is 24.9 Å². The number of carbonyl (C=O) groups excluding carboxylic acids is 1. The average Bonchev–Trinajstić information content (AvgIpc) is 2.67. The Morgan fingerprint density at radius 1 is 1.14 bits per heavy atom. The summed E-state index contributed by atoms with van der Waals surface area (Å²) in [5.74, 6) is 2.40. The Bertz CT molecular complexity index is 950. The van der Waals surface area contributed by atoms with Crippen molar-refractivity contribution in [3.8, 4) is 23.0 Å². The summed E-state index contributed by atoms with van der Waals surface area (Å²) in [7, 11) is 4.74. The molecule has 0 radical (unpaired) electrons. The molecule has 2 heterocycles. The van der Waals surface area contributed by atoms with Gasteiger partial charge < -0.3 is 24.3 Å². The summed E-state index contributed by atoms with van der Waals surface area (Å²) in [5, 5.41) is 3.08. The molecule has 8 heteroatoms. The minimum Gasteiger partial charge on any atom is -0.497 e. The second kappa shape index (κ2) is 6.77. The van der Waals surface area contributed by atoms with E-state index in [9.17, 15) is 4.79 Å². The number of anilines is 1. The van der Waals surface area contributed by atoms with Crippen LogP contribution in [0.2, 0.25) is 0 Å². The molecule has 2 amide bonds. The van der Waals surface area contributed by atoms with Crippen molar-refractivity contribution in [2.75, 3.05) is 26.2 Å². The zero-order valence-electron chi connectivity index (χ0n) is 16.0. The van der Waals surface area contributed by atoms with E-state index in [-0.39, 0.29) is 12.1 Å². The van der Waals surface area contributed by atoms with Gasteiger partial charge in [0.1, 0.15) is 11.5 Å². The summed E-state index contributed by atoms with van der Waals surface area (Å²) < 4.78 is 23.6. The van der Waals surface area contributed by atoms with Crippen LogP contribution < -0.4 is 29.2 Å². The zero-order valence-corrected chi connectivity index (χ0v) is 17.6. The number of hydrogen-bond acceptors (Lipinski definition) is 5. The molecule has 28 heavy (non-hydrogen) atoms. The van der Waals surface area contributed by atoms with Crippen molar-refractivity contribution in [1.82, 2.24) is 5.32 Å². The molecule has 2 aliphatic heterocycles. The normalized spacial score (nSPS) is 22.7. The van der Waals surface area contributed by atoms with Crippen molar-refractivity contribution < 1.29 is 23.7 Å². The molecular formula is C20H21BrN2O5. The maximum absolute atomic E-state index is 13.1. The van der Waals surface area contributed by atoms with Crippen molar-refractivity contribution in [3.05, 3.63) is 40.4 Å². The fraction of sp³-hybridized carbons (Fsp3) is 0.350. The quantitative estimate of drug-likeness (QED) is 0.756. The van der Waals surface area contributed by atoms with Gasteiger partial charge in [-0.2, -0.15) is 0 Å². The molecule has 0 aromatic heterocycles. The SMILES string of the molecule is COc1ccc(N2C(=O)N[C@@H]3C[C@@]2(C)Oc2c(OC)cc(Br)cc23)c(OC)c1. The molecule has 2 aromatic rings. The molecule has 0 spiro atoms. The molecule has 7 nitrogen and oxygen atoms in total. The number of fused-ring (bicyclic) bond motifs is 4. The Labute approximate surface area is 171 Å². The maximum Gasteiger partial charge on any atom is 0.325 e. The molecule has 148 valence electrons. The number of methoxy groups -OCH3 is 3.